The smallest absolute Gasteiger partial charge is 0.167 e. The summed E-state index contributed by atoms with van der Waals surface area (Å²) < 4.78 is 54.7. The lowest BCUT2D eigenvalue weighted by molar-refractivity contribution is 0.00760. The van der Waals surface area contributed by atoms with Crippen LogP contribution < -0.4 is 0 Å². The minimum atomic E-state index is -0.876. The summed E-state index contributed by atoms with van der Waals surface area (Å²) >= 11 is 0. The molecule has 0 N–H and O–H groups in total. The molecule has 2 fully saturated rings. The van der Waals surface area contributed by atoms with Crippen molar-refractivity contribution < 1.29 is 22.6 Å². The molecule has 3 aromatic carbocycles. The Morgan fingerprint density at radius 3 is 2.15 bits per heavy atom. The minimum absolute atomic E-state index is 0.194. The molecular formula is C28H27F3O2. The van der Waals surface area contributed by atoms with E-state index < -0.39 is 11.6 Å². The lowest BCUT2D eigenvalue weighted by atomic mass is 9.89. The molecule has 0 spiro atoms. The molecule has 0 bridgehead atoms. The van der Waals surface area contributed by atoms with E-state index in [4.69, 9.17) is 9.47 Å². The topological polar surface area (TPSA) is 21.8 Å². The molecule has 1 aliphatic carbocycles. The molecule has 2 aliphatic rings. The largest absolute Gasteiger partial charge is 0.373 e. The van der Waals surface area contributed by atoms with Crippen LogP contribution in [0.3, 0.4) is 0 Å². The van der Waals surface area contributed by atoms with Crippen LogP contribution in [0.25, 0.3) is 22.3 Å². The van der Waals surface area contributed by atoms with Gasteiger partial charge < -0.3 is 9.47 Å². The Balaban J connectivity index is 1.28. The van der Waals surface area contributed by atoms with Crippen LogP contribution >= 0.6 is 0 Å². The number of benzene rings is 3. The molecule has 1 unspecified atom stereocenters. The highest BCUT2D eigenvalue weighted by molar-refractivity contribution is 5.71. The third-order valence-corrected chi connectivity index (χ3v) is 6.81. The monoisotopic (exact) mass is 452 g/mol. The van der Waals surface area contributed by atoms with Crippen LogP contribution in [0.15, 0.2) is 54.6 Å². The highest BCUT2D eigenvalue weighted by atomic mass is 19.2. The molecule has 33 heavy (non-hydrogen) atoms. The van der Waals surface area contributed by atoms with E-state index in [2.05, 4.69) is 6.92 Å². The van der Waals surface area contributed by atoms with Gasteiger partial charge in [-0.1, -0.05) is 55.5 Å². The molecule has 1 saturated heterocycles. The first kappa shape index (κ1) is 22.2. The Bertz CT molecular complexity index is 1130. The maximum atomic E-state index is 14.7. The minimum Gasteiger partial charge on any atom is -0.373 e. The highest BCUT2D eigenvalue weighted by Gasteiger charge is 2.30. The van der Waals surface area contributed by atoms with E-state index in [1.165, 1.54) is 6.07 Å². The number of rotatable bonds is 6. The van der Waals surface area contributed by atoms with Crippen molar-refractivity contribution in [3.8, 4) is 22.3 Å². The van der Waals surface area contributed by atoms with E-state index in [1.54, 1.807) is 42.5 Å². The van der Waals surface area contributed by atoms with Crippen LogP contribution in [0.1, 0.15) is 49.8 Å². The van der Waals surface area contributed by atoms with E-state index in [9.17, 15) is 13.2 Å². The van der Waals surface area contributed by atoms with Gasteiger partial charge in [0.25, 0.3) is 0 Å². The molecule has 1 aliphatic heterocycles. The van der Waals surface area contributed by atoms with Crippen LogP contribution in [-0.4, -0.2) is 12.7 Å². The van der Waals surface area contributed by atoms with Crippen molar-refractivity contribution in [2.24, 2.45) is 5.92 Å². The van der Waals surface area contributed by atoms with E-state index in [0.717, 1.165) is 42.7 Å². The van der Waals surface area contributed by atoms with Gasteiger partial charge in [-0.25, -0.2) is 13.2 Å². The lowest BCUT2D eigenvalue weighted by Gasteiger charge is -2.26. The summed E-state index contributed by atoms with van der Waals surface area (Å²) in [6, 6.07) is 15.3. The first-order valence-electron chi connectivity index (χ1n) is 11.6. The summed E-state index contributed by atoms with van der Waals surface area (Å²) in [6.45, 7) is 2.96. The van der Waals surface area contributed by atoms with Crippen molar-refractivity contribution in [1.82, 2.24) is 0 Å². The van der Waals surface area contributed by atoms with Crippen molar-refractivity contribution in [3.63, 3.8) is 0 Å². The number of epoxide rings is 1. The average Bonchev–Trinajstić information content (AvgIpc) is 3.67. The maximum absolute atomic E-state index is 14.7. The van der Waals surface area contributed by atoms with Gasteiger partial charge in [0.1, 0.15) is 11.9 Å². The van der Waals surface area contributed by atoms with Gasteiger partial charge in [-0.15, -0.1) is 0 Å². The zero-order chi connectivity index (χ0) is 22.9. The van der Waals surface area contributed by atoms with Crippen molar-refractivity contribution in [2.45, 2.75) is 51.4 Å². The predicted molar refractivity (Wildman–Crippen MR) is 122 cm³/mol. The van der Waals surface area contributed by atoms with Gasteiger partial charge in [-0.3, -0.25) is 0 Å². The third-order valence-electron chi connectivity index (χ3n) is 6.81. The fourth-order valence-electron chi connectivity index (χ4n) is 4.55. The Hall–Kier alpha value is -2.63. The van der Waals surface area contributed by atoms with Crippen molar-refractivity contribution >= 4 is 0 Å². The molecule has 0 amide bonds. The molecule has 0 aromatic heterocycles. The fraction of sp³-hybridized carbons (Fsp3) is 0.357. The number of ether oxygens (including phenoxy) is 2. The molecule has 2 nitrogen and oxygen atoms in total. The Morgan fingerprint density at radius 1 is 0.818 bits per heavy atom. The molecule has 172 valence electrons. The summed E-state index contributed by atoms with van der Waals surface area (Å²) in [5.41, 5.74) is 3.08. The second-order valence-corrected chi connectivity index (χ2v) is 9.23. The molecule has 3 aromatic rings. The molecule has 1 atom stereocenters. The van der Waals surface area contributed by atoms with E-state index in [0.29, 0.717) is 17.7 Å². The van der Waals surface area contributed by atoms with Gasteiger partial charge in [-0.05, 0) is 54.4 Å². The van der Waals surface area contributed by atoms with Gasteiger partial charge in [-0.2, -0.15) is 0 Å². The van der Waals surface area contributed by atoms with E-state index in [-0.39, 0.29) is 35.8 Å². The van der Waals surface area contributed by atoms with Crippen molar-refractivity contribution in [1.29, 1.82) is 0 Å². The first-order chi connectivity index (χ1) is 16.0. The van der Waals surface area contributed by atoms with Crippen LogP contribution in [0.5, 0.6) is 0 Å². The van der Waals surface area contributed by atoms with Gasteiger partial charge in [0.15, 0.2) is 11.6 Å². The van der Waals surface area contributed by atoms with Crippen LogP contribution in [0.4, 0.5) is 13.2 Å². The van der Waals surface area contributed by atoms with Crippen LogP contribution in [0, 0.1) is 23.4 Å². The number of hydrogen-bond donors (Lipinski definition) is 0. The molecule has 1 saturated carbocycles. The van der Waals surface area contributed by atoms with Crippen molar-refractivity contribution in [3.05, 3.63) is 83.2 Å². The van der Waals surface area contributed by atoms with Gasteiger partial charge in [0.2, 0.25) is 0 Å². The van der Waals surface area contributed by atoms with Crippen molar-refractivity contribution in [2.75, 3.05) is 6.61 Å². The molecule has 5 rings (SSSR count). The Kier molecular flexibility index (Phi) is 6.26. The summed E-state index contributed by atoms with van der Waals surface area (Å²) in [6.07, 6.45) is 4.27. The standard InChI is InChI=1S/C28H27F3O2/c1-17-2-10-22(11-3-17)32-15-21-9-8-20(14-25(21)29)18-4-6-19(7-5-18)23-12-13-24(26-16-33-26)28(31)27(23)30/h4-9,12-14,17,22,26H,2-3,10-11,15-16H2,1H3. The highest BCUT2D eigenvalue weighted by Crippen LogP contribution is 2.36. The van der Waals surface area contributed by atoms with Crippen LogP contribution in [-0.2, 0) is 16.1 Å². The maximum Gasteiger partial charge on any atom is 0.167 e. The Morgan fingerprint density at radius 2 is 1.48 bits per heavy atom. The zero-order valence-corrected chi connectivity index (χ0v) is 18.6. The quantitative estimate of drug-likeness (QED) is 0.359. The first-order valence-corrected chi connectivity index (χ1v) is 11.6. The summed E-state index contributed by atoms with van der Waals surface area (Å²) in [5, 5.41) is 0. The summed E-state index contributed by atoms with van der Waals surface area (Å²) in [4.78, 5) is 0. The second kappa shape index (κ2) is 9.32. The van der Waals surface area contributed by atoms with E-state index >= 15 is 0 Å². The number of halogens is 3. The van der Waals surface area contributed by atoms with Crippen LogP contribution in [0.2, 0.25) is 0 Å². The van der Waals surface area contributed by atoms with E-state index in [1.807, 2.05) is 6.07 Å². The van der Waals surface area contributed by atoms with Gasteiger partial charge in [0.05, 0.1) is 19.3 Å². The fourth-order valence-corrected chi connectivity index (χ4v) is 4.55. The Labute approximate surface area is 192 Å². The predicted octanol–water partition coefficient (Wildman–Crippen LogP) is 7.60. The molecule has 0 radical (unpaired) electrons. The zero-order valence-electron chi connectivity index (χ0n) is 18.6. The molecule has 5 heteroatoms. The normalized spacial score (nSPS) is 22.4. The van der Waals surface area contributed by atoms with Gasteiger partial charge in [0, 0.05) is 16.7 Å². The van der Waals surface area contributed by atoms with Gasteiger partial charge >= 0.3 is 0 Å². The lowest BCUT2D eigenvalue weighted by Crippen LogP contribution is -2.20. The summed E-state index contributed by atoms with van der Waals surface area (Å²) in [5.74, 6) is -1.29. The number of hydrogen-bond acceptors (Lipinski definition) is 2. The third kappa shape index (κ3) is 4.85. The summed E-state index contributed by atoms with van der Waals surface area (Å²) in [7, 11) is 0. The molecular weight excluding hydrogens is 425 g/mol. The second-order valence-electron chi connectivity index (χ2n) is 9.23. The average molecular weight is 453 g/mol. The molecule has 1 heterocycles. The SMILES string of the molecule is CC1CCC(OCc2ccc(-c3ccc(-c4ccc(C5CO5)c(F)c4F)cc3)cc2F)CC1.